The number of hydrogen-bond donors (Lipinski definition) is 0. The van der Waals surface area contributed by atoms with Crippen LogP contribution >= 0.6 is 0 Å². The van der Waals surface area contributed by atoms with E-state index in [2.05, 4.69) is 0 Å². The maximum absolute atomic E-state index is 13.1. The number of hydrogen-bond acceptors (Lipinski definition) is 3. The molecular formula is C17H19FO3. The smallest absolute Gasteiger partial charge is 0.130 e. The average molecular weight is 290 g/mol. The molecule has 0 radical (unpaired) electrons. The van der Waals surface area contributed by atoms with E-state index in [4.69, 9.17) is 14.2 Å². The van der Waals surface area contributed by atoms with Crippen LogP contribution in [-0.2, 0) is 0 Å². The van der Waals surface area contributed by atoms with Gasteiger partial charge in [0.2, 0.25) is 0 Å². The summed E-state index contributed by atoms with van der Waals surface area (Å²) in [4.78, 5) is 0. The second kappa shape index (κ2) is 6.48. The summed E-state index contributed by atoms with van der Waals surface area (Å²) in [6, 6.07) is 10.1. The summed E-state index contributed by atoms with van der Waals surface area (Å²) in [5.41, 5.74) is 1.89. The molecule has 0 aliphatic carbocycles. The number of benzene rings is 2. The first-order chi connectivity index (χ1) is 10.1. The molecule has 3 nitrogen and oxygen atoms in total. The minimum atomic E-state index is -0.250. The molecule has 0 bridgehead atoms. The van der Waals surface area contributed by atoms with E-state index in [1.54, 1.807) is 33.5 Å². The molecule has 0 saturated heterocycles. The van der Waals surface area contributed by atoms with Crippen molar-refractivity contribution in [3.05, 3.63) is 53.3 Å². The zero-order valence-corrected chi connectivity index (χ0v) is 12.6. The number of halogens is 1. The lowest BCUT2D eigenvalue weighted by Crippen LogP contribution is -2.03. The summed E-state index contributed by atoms with van der Waals surface area (Å²) in [7, 11) is 4.81. The Morgan fingerprint density at radius 3 is 1.81 bits per heavy atom. The molecule has 0 amide bonds. The van der Waals surface area contributed by atoms with Gasteiger partial charge < -0.3 is 14.2 Å². The Balaban J connectivity index is 2.52. The van der Waals surface area contributed by atoms with Crippen LogP contribution in [0.3, 0.4) is 0 Å². The summed E-state index contributed by atoms with van der Waals surface area (Å²) in [5.74, 6) is 1.78. The van der Waals surface area contributed by atoms with Crippen LogP contribution in [0.5, 0.6) is 17.2 Å². The molecule has 0 aliphatic rings. The van der Waals surface area contributed by atoms with Crippen molar-refractivity contribution >= 4 is 0 Å². The minimum Gasteiger partial charge on any atom is -0.496 e. The summed E-state index contributed by atoms with van der Waals surface area (Å²) >= 11 is 0. The molecule has 2 rings (SSSR count). The van der Waals surface area contributed by atoms with E-state index in [-0.39, 0.29) is 11.7 Å². The molecule has 2 aromatic rings. The maximum atomic E-state index is 13.1. The highest BCUT2D eigenvalue weighted by Gasteiger charge is 2.20. The summed E-state index contributed by atoms with van der Waals surface area (Å²) < 4.78 is 29.2. The predicted octanol–water partition coefficient (Wildman–Crippen LogP) is 4.00. The molecule has 0 N–H and O–H groups in total. The molecule has 4 heteroatoms. The fourth-order valence-corrected chi connectivity index (χ4v) is 2.38. The van der Waals surface area contributed by atoms with E-state index >= 15 is 0 Å². The van der Waals surface area contributed by atoms with Crippen LogP contribution in [0.1, 0.15) is 24.0 Å². The van der Waals surface area contributed by atoms with Gasteiger partial charge in [0.1, 0.15) is 23.1 Å². The third kappa shape index (κ3) is 3.10. The molecule has 0 spiro atoms. The standard InChI is InChI=1S/C17H19FO3/c1-11(12-5-7-13(18)8-6-12)17-15(20-3)9-14(19-2)10-16(17)21-4/h5-11H,1-4H3. The highest BCUT2D eigenvalue weighted by atomic mass is 19.1. The summed E-state index contributed by atoms with van der Waals surface area (Å²) in [6.07, 6.45) is 0. The van der Waals surface area contributed by atoms with E-state index in [1.807, 2.05) is 19.1 Å². The Morgan fingerprint density at radius 2 is 1.38 bits per heavy atom. The quantitative estimate of drug-likeness (QED) is 0.833. The van der Waals surface area contributed by atoms with Gasteiger partial charge in [-0.25, -0.2) is 4.39 Å². The van der Waals surface area contributed by atoms with E-state index in [0.717, 1.165) is 11.1 Å². The molecule has 1 atom stereocenters. The average Bonchev–Trinajstić information content (AvgIpc) is 2.53. The first-order valence-electron chi connectivity index (χ1n) is 6.66. The van der Waals surface area contributed by atoms with Gasteiger partial charge in [-0.15, -0.1) is 0 Å². The van der Waals surface area contributed by atoms with E-state index < -0.39 is 0 Å². The molecule has 0 aliphatic heterocycles. The minimum absolute atomic E-state index is 0.00130. The normalized spacial score (nSPS) is 11.9. The summed E-state index contributed by atoms with van der Waals surface area (Å²) in [5, 5.41) is 0. The molecular weight excluding hydrogens is 271 g/mol. The highest BCUT2D eigenvalue weighted by molar-refractivity contribution is 5.54. The molecule has 0 aromatic heterocycles. The molecule has 1 unspecified atom stereocenters. The Hall–Kier alpha value is -2.23. The van der Waals surface area contributed by atoms with Gasteiger partial charge in [-0.05, 0) is 17.7 Å². The van der Waals surface area contributed by atoms with Gasteiger partial charge in [0.15, 0.2) is 0 Å². The van der Waals surface area contributed by atoms with Crippen molar-refractivity contribution < 1.29 is 18.6 Å². The van der Waals surface area contributed by atoms with Crippen LogP contribution in [0, 0.1) is 5.82 Å². The Kier molecular flexibility index (Phi) is 4.68. The van der Waals surface area contributed by atoms with Crippen LogP contribution in [0.2, 0.25) is 0 Å². The molecule has 21 heavy (non-hydrogen) atoms. The lowest BCUT2D eigenvalue weighted by molar-refractivity contribution is 0.367. The SMILES string of the molecule is COc1cc(OC)c(C(C)c2ccc(F)cc2)c(OC)c1. The van der Waals surface area contributed by atoms with Gasteiger partial charge >= 0.3 is 0 Å². The Labute approximate surface area is 124 Å². The van der Waals surface area contributed by atoms with Crippen LogP contribution in [-0.4, -0.2) is 21.3 Å². The predicted molar refractivity (Wildman–Crippen MR) is 80.0 cm³/mol. The summed E-state index contributed by atoms with van der Waals surface area (Å²) in [6.45, 7) is 2.03. The van der Waals surface area contributed by atoms with Gasteiger partial charge in [0, 0.05) is 23.6 Å². The number of rotatable bonds is 5. The zero-order chi connectivity index (χ0) is 15.4. The maximum Gasteiger partial charge on any atom is 0.130 e. The zero-order valence-electron chi connectivity index (χ0n) is 12.6. The van der Waals surface area contributed by atoms with E-state index in [1.165, 1.54) is 12.1 Å². The first kappa shape index (κ1) is 15.2. The Bertz CT molecular complexity index is 583. The van der Waals surface area contributed by atoms with Crippen molar-refractivity contribution in [2.45, 2.75) is 12.8 Å². The van der Waals surface area contributed by atoms with Gasteiger partial charge in [0.05, 0.1) is 21.3 Å². The fourth-order valence-electron chi connectivity index (χ4n) is 2.38. The fraction of sp³-hybridized carbons (Fsp3) is 0.294. The van der Waals surface area contributed by atoms with Gasteiger partial charge in [-0.2, -0.15) is 0 Å². The number of ether oxygens (including phenoxy) is 3. The Morgan fingerprint density at radius 1 is 0.857 bits per heavy atom. The van der Waals surface area contributed by atoms with E-state index in [9.17, 15) is 4.39 Å². The van der Waals surface area contributed by atoms with Crippen molar-refractivity contribution in [2.24, 2.45) is 0 Å². The topological polar surface area (TPSA) is 27.7 Å². The second-order valence-electron chi connectivity index (χ2n) is 4.72. The second-order valence-corrected chi connectivity index (χ2v) is 4.72. The number of methoxy groups -OCH3 is 3. The van der Waals surface area contributed by atoms with Crippen molar-refractivity contribution in [1.29, 1.82) is 0 Å². The molecule has 0 heterocycles. The van der Waals surface area contributed by atoms with Crippen LogP contribution in [0.25, 0.3) is 0 Å². The monoisotopic (exact) mass is 290 g/mol. The first-order valence-corrected chi connectivity index (χ1v) is 6.66. The van der Waals surface area contributed by atoms with Crippen LogP contribution < -0.4 is 14.2 Å². The van der Waals surface area contributed by atoms with Crippen LogP contribution in [0.15, 0.2) is 36.4 Å². The van der Waals surface area contributed by atoms with Crippen molar-refractivity contribution in [2.75, 3.05) is 21.3 Å². The lowest BCUT2D eigenvalue weighted by Gasteiger charge is -2.20. The van der Waals surface area contributed by atoms with Crippen molar-refractivity contribution in [1.82, 2.24) is 0 Å². The molecule has 0 saturated carbocycles. The van der Waals surface area contributed by atoms with Crippen molar-refractivity contribution in [3.8, 4) is 17.2 Å². The van der Waals surface area contributed by atoms with Gasteiger partial charge in [0.25, 0.3) is 0 Å². The largest absolute Gasteiger partial charge is 0.496 e. The molecule has 112 valence electrons. The molecule has 0 fully saturated rings. The third-order valence-electron chi connectivity index (χ3n) is 3.56. The van der Waals surface area contributed by atoms with Gasteiger partial charge in [-0.3, -0.25) is 0 Å². The van der Waals surface area contributed by atoms with E-state index in [0.29, 0.717) is 17.2 Å². The van der Waals surface area contributed by atoms with Crippen LogP contribution in [0.4, 0.5) is 4.39 Å². The third-order valence-corrected chi connectivity index (χ3v) is 3.56. The van der Waals surface area contributed by atoms with Gasteiger partial charge in [-0.1, -0.05) is 19.1 Å². The van der Waals surface area contributed by atoms with Crippen molar-refractivity contribution in [3.63, 3.8) is 0 Å². The lowest BCUT2D eigenvalue weighted by atomic mass is 9.91. The highest BCUT2D eigenvalue weighted by Crippen LogP contribution is 2.41. The molecule has 2 aromatic carbocycles.